The van der Waals surface area contributed by atoms with Gasteiger partial charge in [-0.05, 0) is 37.0 Å². The Morgan fingerprint density at radius 2 is 2.05 bits per heavy atom. The number of hydrogen-bond donors (Lipinski definition) is 2. The number of guanidine groups is 1. The molecule has 110 valence electrons. The van der Waals surface area contributed by atoms with Crippen molar-refractivity contribution in [2.75, 3.05) is 25.6 Å². The number of hydrogen-bond acceptors (Lipinski definition) is 3. The number of halogens is 1. The molecule has 0 unspecified atom stereocenters. The van der Waals surface area contributed by atoms with Crippen LogP contribution in [0.15, 0.2) is 17.1 Å². The van der Waals surface area contributed by atoms with Gasteiger partial charge in [0, 0.05) is 23.3 Å². The van der Waals surface area contributed by atoms with Gasteiger partial charge in [0.2, 0.25) is 0 Å². The maximum atomic E-state index is 4.22. The van der Waals surface area contributed by atoms with Crippen LogP contribution in [0.5, 0.6) is 0 Å². The van der Waals surface area contributed by atoms with Crippen LogP contribution >= 0.6 is 47.1 Å². The summed E-state index contributed by atoms with van der Waals surface area (Å²) in [4.78, 5) is 7.02. The van der Waals surface area contributed by atoms with Crippen molar-refractivity contribution >= 4 is 53.0 Å². The molecule has 1 aromatic rings. The first-order valence-corrected chi connectivity index (χ1v) is 8.52. The monoisotopic (exact) mass is 413 g/mol. The molecule has 0 aliphatic rings. The fraction of sp³-hybridized carbons (Fsp3) is 0.615. The minimum Gasteiger partial charge on any atom is -0.356 e. The summed E-state index contributed by atoms with van der Waals surface area (Å²) in [5.74, 6) is 2.08. The molecule has 1 rings (SSSR count). The van der Waals surface area contributed by atoms with Crippen molar-refractivity contribution in [3.63, 3.8) is 0 Å². The molecule has 1 aromatic heterocycles. The summed E-state index contributed by atoms with van der Waals surface area (Å²) >= 11 is 3.75. The molecular formula is C13H24IN3S2. The molecule has 2 N–H and O–H groups in total. The quantitative estimate of drug-likeness (QED) is 0.312. The van der Waals surface area contributed by atoms with Crippen molar-refractivity contribution < 1.29 is 0 Å². The predicted molar refractivity (Wildman–Crippen MR) is 100 cm³/mol. The molecule has 0 fully saturated rings. The Balaban J connectivity index is 0.00000324. The summed E-state index contributed by atoms with van der Waals surface area (Å²) in [6, 6.07) is 4.40. The van der Waals surface area contributed by atoms with Crippen LogP contribution in [-0.2, 0) is 13.0 Å². The van der Waals surface area contributed by atoms with Crippen LogP contribution in [0.4, 0.5) is 0 Å². The molecule has 0 saturated heterocycles. The zero-order chi connectivity index (χ0) is 13.2. The highest BCUT2D eigenvalue weighted by molar-refractivity contribution is 14.0. The van der Waals surface area contributed by atoms with Gasteiger partial charge in [-0.2, -0.15) is 11.8 Å². The first-order valence-electron chi connectivity index (χ1n) is 6.31. The lowest BCUT2D eigenvalue weighted by molar-refractivity contribution is 0.790. The van der Waals surface area contributed by atoms with E-state index in [0.29, 0.717) is 0 Å². The molecule has 0 aliphatic heterocycles. The van der Waals surface area contributed by atoms with Gasteiger partial charge in [0.05, 0.1) is 6.54 Å². The predicted octanol–water partition coefficient (Wildman–Crippen LogP) is 3.35. The Morgan fingerprint density at radius 3 is 2.63 bits per heavy atom. The van der Waals surface area contributed by atoms with Crippen molar-refractivity contribution in [3.8, 4) is 0 Å². The molecule has 3 nitrogen and oxygen atoms in total. The van der Waals surface area contributed by atoms with E-state index < -0.39 is 0 Å². The molecule has 0 bridgehead atoms. The van der Waals surface area contributed by atoms with Gasteiger partial charge >= 0.3 is 0 Å². The van der Waals surface area contributed by atoms with Crippen molar-refractivity contribution in [2.24, 2.45) is 4.99 Å². The molecule has 0 saturated carbocycles. The van der Waals surface area contributed by atoms with Crippen LogP contribution in [0, 0.1) is 0 Å². The minimum absolute atomic E-state index is 0. The molecule has 0 aliphatic carbocycles. The average molecular weight is 413 g/mol. The van der Waals surface area contributed by atoms with E-state index in [1.807, 2.05) is 30.1 Å². The molecule has 19 heavy (non-hydrogen) atoms. The number of rotatable bonds is 7. The zero-order valence-corrected chi connectivity index (χ0v) is 15.8. The standard InChI is InChI=1S/C13H23N3S2.HI/c1-4-11-6-7-12(18-11)10-16-13(14-2)15-8-5-9-17-3;/h6-7H,4-5,8-10H2,1-3H3,(H2,14,15,16);1H. The second-order valence-electron chi connectivity index (χ2n) is 3.92. The summed E-state index contributed by atoms with van der Waals surface area (Å²) < 4.78 is 0. The third-order valence-electron chi connectivity index (χ3n) is 2.54. The second-order valence-corrected chi connectivity index (χ2v) is 6.16. The van der Waals surface area contributed by atoms with Crippen LogP contribution in [-0.4, -0.2) is 31.6 Å². The number of nitrogens with zero attached hydrogens (tertiary/aromatic N) is 1. The number of aryl methyl sites for hydroxylation is 1. The maximum absolute atomic E-state index is 4.22. The highest BCUT2D eigenvalue weighted by Crippen LogP contribution is 2.16. The van der Waals surface area contributed by atoms with Gasteiger partial charge in [0.1, 0.15) is 0 Å². The van der Waals surface area contributed by atoms with E-state index in [0.717, 1.165) is 25.5 Å². The summed E-state index contributed by atoms with van der Waals surface area (Å²) in [6.45, 7) is 4.02. The van der Waals surface area contributed by atoms with Gasteiger partial charge in [-0.25, -0.2) is 0 Å². The Hall–Kier alpha value is 0.0500. The van der Waals surface area contributed by atoms with Gasteiger partial charge < -0.3 is 10.6 Å². The van der Waals surface area contributed by atoms with Gasteiger partial charge in [-0.15, -0.1) is 35.3 Å². The highest BCUT2D eigenvalue weighted by atomic mass is 127. The fourth-order valence-corrected chi connectivity index (χ4v) is 2.85. The molecule has 1 heterocycles. The SMILES string of the molecule is CCc1ccc(CNC(=NC)NCCCSC)s1.I. The van der Waals surface area contributed by atoms with E-state index in [1.165, 1.54) is 21.9 Å². The average Bonchev–Trinajstić information content (AvgIpc) is 2.86. The summed E-state index contributed by atoms with van der Waals surface area (Å²) in [7, 11) is 1.82. The first kappa shape index (κ1) is 19.1. The molecular weight excluding hydrogens is 389 g/mol. The lowest BCUT2D eigenvalue weighted by Crippen LogP contribution is -2.37. The van der Waals surface area contributed by atoms with Gasteiger partial charge in [0.25, 0.3) is 0 Å². The Morgan fingerprint density at radius 1 is 1.32 bits per heavy atom. The number of nitrogens with one attached hydrogen (secondary N) is 2. The lowest BCUT2D eigenvalue weighted by Gasteiger charge is -2.10. The molecule has 6 heteroatoms. The van der Waals surface area contributed by atoms with E-state index in [2.05, 4.69) is 40.9 Å². The molecule has 0 radical (unpaired) electrons. The smallest absolute Gasteiger partial charge is 0.191 e. The Kier molecular flexibility index (Phi) is 11.9. The topological polar surface area (TPSA) is 36.4 Å². The van der Waals surface area contributed by atoms with Gasteiger partial charge in [-0.1, -0.05) is 6.92 Å². The van der Waals surface area contributed by atoms with E-state index in [4.69, 9.17) is 0 Å². The summed E-state index contributed by atoms with van der Waals surface area (Å²) in [5.41, 5.74) is 0. The number of thioether (sulfide) groups is 1. The zero-order valence-electron chi connectivity index (χ0n) is 11.9. The van der Waals surface area contributed by atoms with Crippen molar-refractivity contribution in [3.05, 3.63) is 21.9 Å². The van der Waals surface area contributed by atoms with E-state index in [9.17, 15) is 0 Å². The van der Waals surface area contributed by atoms with Crippen LogP contribution in [0.3, 0.4) is 0 Å². The van der Waals surface area contributed by atoms with Crippen molar-refractivity contribution in [1.82, 2.24) is 10.6 Å². The largest absolute Gasteiger partial charge is 0.356 e. The normalized spacial score (nSPS) is 11.0. The fourth-order valence-electron chi connectivity index (χ4n) is 1.52. The minimum atomic E-state index is 0. The third-order valence-corrected chi connectivity index (χ3v) is 4.46. The third kappa shape index (κ3) is 8.04. The molecule has 0 spiro atoms. The van der Waals surface area contributed by atoms with Crippen LogP contribution < -0.4 is 10.6 Å². The highest BCUT2D eigenvalue weighted by Gasteiger charge is 2.00. The van der Waals surface area contributed by atoms with Crippen LogP contribution in [0.1, 0.15) is 23.1 Å². The Labute approximate surface area is 142 Å². The number of aliphatic imine (C=N–C) groups is 1. The van der Waals surface area contributed by atoms with Crippen molar-refractivity contribution in [1.29, 1.82) is 0 Å². The Bertz CT molecular complexity index is 367. The van der Waals surface area contributed by atoms with Crippen LogP contribution in [0.2, 0.25) is 0 Å². The molecule has 0 amide bonds. The van der Waals surface area contributed by atoms with E-state index in [-0.39, 0.29) is 24.0 Å². The van der Waals surface area contributed by atoms with Gasteiger partial charge in [0.15, 0.2) is 5.96 Å². The van der Waals surface area contributed by atoms with Crippen molar-refractivity contribution in [2.45, 2.75) is 26.3 Å². The van der Waals surface area contributed by atoms with Gasteiger partial charge in [-0.3, -0.25) is 4.99 Å². The molecule has 0 atom stereocenters. The number of thiophene rings is 1. The van der Waals surface area contributed by atoms with E-state index in [1.54, 1.807) is 0 Å². The second kappa shape index (κ2) is 11.8. The first-order chi connectivity index (χ1) is 8.80. The summed E-state index contributed by atoms with van der Waals surface area (Å²) in [5, 5.41) is 6.67. The summed E-state index contributed by atoms with van der Waals surface area (Å²) in [6.07, 6.45) is 4.42. The molecule has 0 aromatic carbocycles. The van der Waals surface area contributed by atoms with E-state index >= 15 is 0 Å². The lowest BCUT2D eigenvalue weighted by atomic mass is 10.3. The van der Waals surface area contributed by atoms with Crippen LogP contribution in [0.25, 0.3) is 0 Å². The maximum Gasteiger partial charge on any atom is 0.191 e.